The largest absolute Gasteiger partial charge is 0.375 e. The van der Waals surface area contributed by atoms with Crippen LogP contribution in [0.3, 0.4) is 0 Å². The normalized spacial score (nSPS) is 14.8. The molecule has 5 nitrogen and oxygen atoms in total. The summed E-state index contributed by atoms with van der Waals surface area (Å²) in [6, 6.07) is 0. The number of Topliss-reactive ketones (excluding diaryl/α,β-unsaturated/α-hetero) is 1. The summed E-state index contributed by atoms with van der Waals surface area (Å²) in [5.74, 6) is 0.0210. The Hall–Kier alpha value is -0.490. The van der Waals surface area contributed by atoms with Gasteiger partial charge in [-0.05, 0) is 20.8 Å². The fraction of sp³-hybridized carbons (Fsp3) is 0.909. The van der Waals surface area contributed by atoms with Crippen molar-refractivity contribution >= 4 is 5.78 Å². The van der Waals surface area contributed by atoms with Crippen molar-refractivity contribution in [2.24, 2.45) is 5.73 Å². The van der Waals surface area contributed by atoms with Crippen LogP contribution in [0.1, 0.15) is 20.8 Å². The van der Waals surface area contributed by atoms with Crippen LogP contribution in [0.15, 0.2) is 0 Å². The van der Waals surface area contributed by atoms with Gasteiger partial charge < -0.3 is 19.9 Å². The molecule has 5 heteroatoms. The van der Waals surface area contributed by atoms with E-state index >= 15 is 0 Å². The van der Waals surface area contributed by atoms with Crippen LogP contribution in [-0.2, 0) is 19.0 Å². The zero-order chi connectivity index (χ0) is 12.4. The van der Waals surface area contributed by atoms with Gasteiger partial charge in [-0.1, -0.05) is 0 Å². The molecule has 0 aliphatic carbocycles. The predicted octanol–water partition coefficient (Wildman–Crippen LogP) is 0.361. The molecule has 0 rings (SSSR count). The van der Waals surface area contributed by atoms with E-state index in [1.807, 2.05) is 13.8 Å². The molecule has 2 atom stereocenters. The number of rotatable bonds is 10. The third kappa shape index (κ3) is 8.79. The van der Waals surface area contributed by atoms with Crippen molar-refractivity contribution in [1.82, 2.24) is 0 Å². The first-order valence-electron chi connectivity index (χ1n) is 5.58. The molecule has 16 heavy (non-hydrogen) atoms. The molecule has 0 fully saturated rings. The first-order valence-corrected chi connectivity index (χ1v) is 5.58. The smallest absolute Gasteiger partial charge is 0.155 e. The highest BCUT2D eigenvalue weighted by molar-refractivity contribution is 5.76. The highest BCUT2D eigenvalue weighted by Crippen LogP contribution is 2.02. The Morgan fingerprint density at radius 3 is 2.19 bits per heavy atom. The van der Waals surface area contributed by atoms with Crippen LogP contribution in [0.4, 0.5) is 0 Å². The van der Waals surface area contributed by atoms with Gasteiger partial charge in [0, 0.05) is 6.54 Å². The van der Waals surface area contributed by atoms with Gasteiger partial charge in [-0.3, -0.25) is 4.79 Å². The first kappa shape index (κ1) is 15.5. The summed E-state index contributed by atoms with van der Waals surface area (Å²) in [4.78, 5) is 10.6. The molecule has 2 N–H and O–H groups in total. The molecule has 0 unspecified atom stereocenters. The van der Waals surface area contributed by atoms with Crippen molar-refractivity contribution in [3.8, 4) is 0 Å². The van der Waals surface area contributed by atoms with Gasteiger partial charge in [0.25, 0.3) is 0 Å². The summed E-state index contributed by atoms with van der Waals surface area (Å²) < 4.78 is 16.0. The van der Waals surface area contributed by atoms with Crippen molar-refractivity contribution in [2.45, 2.75) is 33.0 Å². The van der Waals surface area contributed by atoms with E-state index in [1.54, 1.807) is 0 Å². The molecule has 0 saturated carbocycles. The van der Waals surface area contributed by atoms with E-state index in [0.717, 1.165) is 0 Å². The maximum Gasteiger partial charge on any atom is 0.155 e. The van der Waals surface area contributed by atoms with Gasteiger partial charge in [-0.15, -0.1) is 0 Å². The number of hydrogen-bond donors (Lipinski definition) is 1. The second kappa shape index (κ2) is 9.72. The number of carbonyl (C=O) groups is 1. The summed E-state index contributed by atoms with van der Waals surface area (Å²) in [5, 5.41) is 0. The predicted molar refractivity (Wildman–Crippen MR) is 61.4 cm³/mol. The maximum absolute atomic E-state index is 10.6. The molecule has 0 aliphatic heterocycles. The van der Waals surface area contributed by atoms with Crippen molar-refractivity contribution in [3.05, 3.63) is 0 Å². The van der Waals surface area contributed by atoms with Crippen molar-refractivity contribution in [2.75, 3.05) is 33.0 Å². The second-order valence-corrected chi connectivity index (χ2v) is 3.70. The molecule has 0 spiro atoms. The Kier molecular flexibility index (Phi) is 9.42. The number of nitrogens with two attached hydrogens (primary N) is 1. The van der Waals surface area contributed by atoms with Crippen LogP contribution in [0, 0.1) is 0 Å². The minimum atomic E-state index is -0.00696. The van der Waals surface area contributed by atoms with E-state index in [9.17, 15) is 4.79 Å². The van der Waals surface area contributed by atoms with Gasteiger partial charge >= 0.3 is 0 Å². The van der Waals surface area contributed by atoms with E-state index in [-0.39, 0.29) is 24.6 Å². The average molecular weight is 233 g/mol. The zero-order valence-electron chi connectivity index (χ0n) is 10.4. The van der Waals surface area contributed by atoms with E-state index in [2.05, 4.69) is 0 Å². The van der Waals surface area contributed by atoms with Crippen LogP contribution in [0.25, 0.3) is 0 Å². The third-order valence-corrected chi connectivity index (χ3v) is 2.07. The minimum absolute atomic E-state index is 0.00696. The molecule has 0 aromatic heterocycles. The molecular formula is C11H23NO4. The van der Waals surface area contributed by atoms with Gasteiger partial charge in [0.1, 0.15) is 6.61 Å². The summed E-state index contributed by atoms with van der Waals surface area (Å²) in [7, 11) is 0. The summed E-state index contributed by atoms with van der Waals surface area (Å²) >= 11 is 0. The van der Waals surface area contributed by atoms with E-state index in [1.165, 1.54) is 6.92 Å². The van der Waals surface area contributed by atoms with Crippen molar-refractivity contribution in [3.63, 3.8) is 0 Å². The van der Waals surface area contributed by atoms with Gasteiger partial charge in [0.2, 0.25) is 0 Å². The Morgan fingerprint density at radius 2 is 1.69 bits per heavy atom. The van der Waals surface area contributed by atoms with Gasteiger partial charge in [-0.2, -0.15) is 0 Å². The SMILES string of the molecule is CC(=O)COCCO[C@@H](C)[C@H](C)OCCN. The lowest BCUT2D eigenvalue weighted by Crippen LogP contribution is -2.29. The van der Waals surface area contributed by atoms with Crippen molar-refractivity contribution in [1.29, 1.82) is 0 Å². The molecule has 0 aromatic carbocycles. The molecule has 96 valence electrons. The van der Waals surface area contributed by atoms with Gasteiger partial charge in [-0.25, -0.2) is 0 Å². The number of hydrogen-bond acceptors (Lipinski definition) is 5. The minimum Gasteiger partial charge on any atom is -0.375 e. The summed E-state index contributed by atoms with van der Waals surface area (Å²) in [5.41, 5.74) is 5.33. The summed E-state index contributed by atoms with van der Waals surface area (Å²) in [6.07, 6.45) is 0.00355. The summed E-state index contributed by atoms with van der Waals surface area (Å²) in [6.45, 7) is 7.46. The van der Waals surface area contributed by atoms with Crippen LogP contribution in [0.5, 0.6) is 0 Å². The monoisotopic (exact) mass is 233 g/mol. The second-order valence-electron chi connectivity index (χ2n) is 3.70. The maximum atomic E-state index is 10.6. The lowest BCUT2D eigenvalue weighted by Gasteiger charge is -2.20. The highest BCUT2D eigenvalue weighted by atomic mass is 16.6. The molecule has 0 bridgehead atoms. The molecule has 0 heterocycles. The Bertz CT molecular complexity index is 187. The quantitative estimate of drug-likeness (QED) is 0.552. The van der Waals surface area contributed by atoms with Gasteiger partial charge in [0.15, 0.2) is 5.78 Å². The fourth-order valence-electron chi connectivity index (χ4n) is 1.03. The number of ether oxygens (including phenoxy) is 3. The molecule has 0 amide bonds. The average Bonchev–Trinajstić information content (AvgIpc) is 2.24. The van der Waals surface area contributed by atoms with Gasteiger partial charge in [0.05, 0.1) is 32.0 Å². The molecule has 0 aliphatic rings. The van der Waals surface area contributed by atoms with Crippen LogP contribution < -0.4 is 5.73 Å². The zero-order valence-corrected chi connectivity index (χ0v) is 10.4. The molecule has 0 saturated heterocycles. The number of ketones is 1. The number of carbonyl (C=O) groups excluding carboxylic acids is 1. The van der Waals surface area contributed by atoms with Crippen LogP contribution in [0.2, 0.25) is 0 Å². The Labute approximate surface area is 97.2 Å². The molecule has 0 aromatic rings. The van der Waals surface area contributed by atoms with E-state index < -0.39 is 0 Å². The Morgan fingerprint density at radius 1 is 1.12 bits per heavy atom. The van der Waals surface area contributed by atoms with E-state index in [4.69, 9.17) is 19.9 Å². The molecule has 0 radical (unpaired) electrons. The topological polar surface area (TPSA) is 70.8 Å². The highest BCUT2D eigenvalue weighted by Gasteiger charge is 2.12. The fourth-order valence-corrected chi connectivity index (χ4v) is 1.03. The standard InChI is InChI=1S/C11H23NO4/c1-9(13)8-14-6-7-16-11(3)10(2)15-5-4-12/h10-11H,4-8,12H2,1-3H3/t10-,11-/m0/s1. The van der Waals surface area contributed by atoms with Crippen LogP contribution in [-0.4, -0.2) is 51.0 Å². The Balaban J connectivity index is 3.41. The first-order chi connectivity index (χ1) is 7.57. The van der Waals surface area contributed by atoms with Crippen LogP contribution >= 0.6 is 0 Å². The van der Waals surface area contributed by atoms with E-state index in [0.29, 0.717) is 26.4 Å². The lowest BCUT2D eigenvalue weighted by molar-refractivity contribution is -0.122. The third-order valence-electron chi connectivity index (χ3n) is 2.07. The lowest BCUT2D eigenvalue weighted by atomic mass is 10.2. The van der Waals surface area contributed by atoms with Crippen molar-refractivity contribution < 1.29 is 19.0 Å². The molecular weight excluding hydrogens is 210 g/mol.